The van der Waals surface area contributed by atoms with Crippen LogP contribution in [0.15, 0.2) is 0 Å². The summed E-state index contributed by atoms with van der Waals surface area (Å²) in [6.07, 6.45) is 2.19. The Hall–Kier alpha value is -0.160. The second-order valence-electron chi connectivity index (χ2n) is 3.10. The van der Waals surface area contributed by atoms with E-state index in [1.807, 2.05) is 5.06 Å². The average Bonchev–Trinajstić information content (AvgIpc) is 2.18. The highest BCUT2D eigenvalue weighted by Crippen LogP contribution is 1.95. The minimum Gasteiger partial charge on any atom is -0.394 e. The van der Waals surface area contributed by atoms with Crippen molar-refractivity contribution in [3.05, 3.63) is 0 Å². The van der Waals surface area contributed by atoms with E-state index in [1.165, 1.54) is 0 Å². The van der Waals surface area contributed by atoms with Crippen LogP contribution in [0.1, 0.15) is 26.7 Å². The highest BCUT2D eigenvalue weighted by Gasteiger charge is 2.01. The topological polar surface area (TPSA) is 41.9 Å². The molecule has 0 atom stereocenters. The van der Waals surface area contributed by atoms with Gasteiger partial charge in [-0.1, -0.05) is 13.8 Å². The Balaban J connectivity index is 3.30. The minimum atomic E-state index is 0.0770. The molecular formula is C10H23NO3. The Bertz CT molecular complexity index is 106. The summed E-state index contributed by atoms with van der Waals surface area (Å²) >= 11 is 0. The van der Waals surface area contributed by atoms with Crippen LogP contribution in [0.2, 0.25) is 0 Å². The molecule has 0 saturated carbocycles. The second-order valence-corrected chi connectivity index (χ2v) is 3.10. The van der Waals surface area contributed by atoms with Crippen molar-refractivity contribution >= 4 is 0 Å². The van der Waals surface area contributed by atoms with Gasteiger partial charge in [-0.05, 0) is 12.8 Å². The first-order valence-corrected chi connectivity index (χ1v) is 5.41. The lowest BCUT2D eigenvalue weighted by atomic mass is 10.4. The van der Waals surface area contributed by atoms with Crippen molar-refractivity contribution in [2.24, 2.45) is 0 Å². The molecule has 0 unspecified atom stereocenters. The van der Waals surface area contributed by atoms with E-state index >= 15 is 0 Å². The Morgan fingerprint density at radius 1 is 1.00 bits per heavy atom. The van der Waals surface area contributed by atoms with Gasteiger partial charge in [0.05, 0.1) is 26.4 Å². The molecule has 0 aliphatic rings. The Labute approximate surface area is 86.8 Å². The first-order chi connectivity index (χ1) is 6.85. The third-order valence-corrected chi connectivity index (χ3v) is 1.68. The molecule has 0 saturated heterocycles. The van der Waals surface area contributed by atoms with Gasteiger partial charge in [-0.3, -0.25) is 4.84 Å². The lowest BCUT2D eigenvalue weighted by Gasteiger charge is -2.20. The Morgan fingerprint density at radius 3 is 2.14 bits per heavy atom. The van der Waals surface area contributed by atoms with Crippen molar-refractivity contribution in [1.29, 1.82) is 0 Å². The summed E-state index contributed by atoms with van der Waals surface area (Å²) in [6.45, 7) is 7.78. The van der Waals surface area contributed by atoms with Gasteiger partial charge in [0.1, 0.15) is 0 Å². The van der Waals surface area contributed by atoms with Gasteiger partial charge in [0.2, 0.25) is 0 Å². The fraction of sp³-hybridized carbons (Fsp3) is 1.00. The van der Waals surface area contributed by atoms with Gasteiger partial charge in [0.25, 0.3) is 0 Å². The normalized spacial score (nSPS) is 11.1. The zero-order valence-corrected chi connectivity index (χ0v) is 9.37. The number of aliphatic hydroxyl groups excluding tert-OH is 1. The van der Waals surface area contributed by atoms with Crippen molar-refractivity contribution in [3.63, 3.8) is 0 Å². The molecule has 0 aliphatic heterocycles. The molecule has 0 bridgehead atoms. The predicted molar refractivity (Wildman–Crippen MR) is 56.0 cm³/mol. The van der Waals surface area contributed by atoms with Crippen LogP contribution in [0.3, 0.4) is 0 Å². The van der Waals surface area contributed by atoms with Crippen molar-refractivity contribution in [2.75, 3.05) is 39.5 Å². The number of ether oxygens (including phenoxy) is 1. The molecule has 0 rings (SSSR count). The monoisotopic (exact) mass is 205 g/mol. The van der Waals surface area contributed by atoms with Crippen molar-refractivity contribution < 1.29 is 14.7 Å². The third kappa shape index (κ3) is 8.44. The average molecular weight is 205 g/mol. The van der Waals surface area contributed by atoms with Crippen LogP contribution >= 0.6 is 0 Å². The van der Waals surface area contributed by atoms with Gasteiger partial charge >= 0.3 is 0 Å². The molecule has 0 aliphatic carbocycles. The van der Waals surface area contributed by atoms with E-state index in [0.29, 0.717) is 19.8 Å². The fourth-order valence-corrected chi connectivity index (χ4v) is 1.13. The molecule has 0 amide bonds. The van der Waals surface area contributed by atoms with E-state index in [-0.39, 0.29) is 6.61 Å². The van der Waals surface area contributed by atoms with E-state index in [9.17, 15) is 0 Å². The van der Waals surface area contributed by atoms with Gasteiger partial charge in [-0.15, -0.1) is 0 Å². The third-order valence-electron chi connectivity index (χ3n) is 1.68. The van der Waals surface area contributed by atoms with E-state index in [1.54, 1.807) is 0 Å². The molecule has 1 N–H and O–H groups in total. The standard InChI is InChI=1S/C10H23NO3/c1-3-5-11(6-4-2)14-10-9-13-8-7-12/h12H,3-10H2,1-2H3. The van der Waals surface area contributed by atoms with E-state index in [2.05, 4.69) is 13.8 Å². The van der Waals surface area contributed by atoms with Gasteiger partial charge in [-0.25, -0.2) is 0 Å². The lowest BCUT2D eigenvalue weighted by molar-refractivity contribution is -0.170. The number of hydroxylamine groups is 2. The summed E-state index contributed by atoms with van der Waals surface area (Å²) in [5.74, 6) is 0. The second kappa shape index (κ2) is 10.9. The quantitative estimate of drug-likeness (QED) is 0.427. The molecule has 0 aromatic heterocycles. The maximum absolute atomic E-state index is 8.47. The van der Waals surface area contributed by atoms with Crippen molar-refractivity contribution in [3.8, 4) is 0 Å². The molecule has 14 heavy (non-hydrogen) atoms. The smallest absolute Gasteiger partial charge is 0.0918 e. The molecule has 0 aromatic carbocycles. The summed E-state index contributed by atoms with van der Waals surface area (Å²) in [5, 5.41) is 10.4. The fourth-order valence-electron chi connectivity index (χ4n) is 1.13. The lowest BCUT2D eigenvalue weighted by Crippen LogP contribution is -2.27. The van der Waals surface area contributed by atoms with Crippen LogP contribution in [0, 0.1) is 0 Å². The molecule has 4 heteroatoms. The van der Waals surface area contributed by atoms with E-state index < -0.39 is 0 Å². The van der Waals surface area contributed by atoms with Crippen molar-refractivity contribution in [1.82, 2.24) is 5.06 Å². The summed E-state index contributed by atoms with van der Waals surface area (Å²) in [5.41, 5.74) is 0. The van der Waals surface area contributed by atoms with Crippen LogP contribution in [0.5, 0.6) is 0 Å². The van der Waals surface area contributed by atoms with Gasteiger partial charge in [0, 0.05) is 13.1 Å². The van der Waals surface area contributed by atoms with Crippen LogP contribution in [0.25, 0.3) is 0 Å². The summed E-state index contributed by atoms with van der Waals surface area (Å²) in [7, 11) is 0. The van der Waals surface area contributed by atoms with Crippen LogP contribution in [-0.2, 0) is 9.57 Å². The molecule has 0 spiro atoms. The van der Waals surface area contributed by atoms with E-state index in [4.69, 9.17) is 14.7 Å². The van der Waals surface area contributed by atoms with Gasteiger partial charge in [0.15, 0.2) is 0 Å². The molecule has 4 nitrogen and oxygen atoms in total. The molecule has 86 valence electrons. The summed E-state index contributed by atoms with van der Waals surface area (Å²) in [4.78, 5) is 5.50. The predicted octanol–water partition coefficient (Wildman–Crippen LogP) is 1.05. The highest BCUT2D eigenvalue weighted by atomic mass is 16.7. The SMILES string of the molecule is CCCN(CCC)OCCOCCO. The number of rotatable bonds is 10. The van der Waals surface area contributed by atoms with Crippen LogP contribution < -0.4 is 0 Å². The molecule has 0 fully saturated rings. The summed E-state index contributed by atoms with van der Waals surface area (Å²) < 4.78 is 5.09. The number of hydrogen-bond acceptors (Lipinski definition) is 4. The largest absolute Gasteiger partial charge is 0.394 e. The van der Waals surface area contributed by atoms with Gasteiger partial charge in [-0.2, -0.15) is 5.06 Å². The minimum absolute atomic E-state index is 0.0770. The highest BCUT2D eigenvalue weighted by molar-refractivity contribution is 4.42. The molecule has 0 aromatic rings. The Kier molecular flexibility index (Phi) is 10.8. The van der Waals surface area contributed by atoms with Crippen molar-refractivity contribution in [2.45, 2.75) is 26.7 Å². The molecule has 0 radical (unpaired) electrons. The Morgan fingerprint density at radius 2 is 1.64 bits per heavy atom. The van der Waals surface area contributed by atoms with E-state index in [0.717, 1.165) is 25.9 Å². The number of nitrogens with zero attached hydrogens (tertiary/aromatic N) is 1. The molecular weight excluding hydrogens is 182 g/mol. The van der Waals surface area contributed by atoms with Crippen LogP contribution in [-0.4, -0.2) is 49.7 Å². The zero-order chi connectivity index (χ0) is 10.6. The number of aliphatic hydroxyl groups is 1. The first kappa shape index (κ1) is 13.8. The molecule has 0 heterocycles. The zero-order valence-electron chi connectivity index (χ0n) is 9.37. The maximum atomic E-state index is 8.47. The maximum Gasteiger partial charge on any atom is 0.0918 e. The first-order valence-electron chi connectivity index (χ1n) is 5.41. The summed E-state index contributed by atoms with van der Waals surface area (Å²) in [6, 6.07) is 0. The van der Waals surface area contributed by atoms with Crippen LogP contribution in [0.4, 0.5) is 0 Å². The van der Waals surface area contributed by atoms with Gasteiger partial charge < -0.3 is 9.84 Å². The number of hydrogen-bond donors (Lipinski definition) is 1.